The maximum absolute atomic E-state index is 3.56. The quantitative estimate of drug-likeness (QED) is 0.803. The van der Waals surface area contributed by atoms with Gasteiger partial charge in [-0.15, -0.1) is 0 Å². The maximum Gasteiger partial charge on any atom is 0.0366 e. The molecular formula is C17H27N3. The van der Waals surface area contributed by atoms with Gasteiger partial charge < -0.3 is 15.1 Å². The number of anilines is 1. The zero-order chi connectivity index (χ0) is 13.6. The summed E-state index contributed by atoms with van der Waals surface area (Å²) in [5, 5.41) is 3.56. The molecule has 3 heteroatoms. The Bertz CT molecular complexity index is 389. The van der Waals surface area contributed by atoms with Gasteiger partial charge in [-0.1, -0.05) is 12.1 Å². The first-order valence-corrected chi connectivity index (χ1v) is 8.19. The van der Waals surface area contributed by atoms with Crippen LogP contribution in [0.2, 0.25) is 0 Å². The minimum Gasteiger partial charge on any atom is -0.372 e. The molecule has 0 unspecified atom stereocenters. The average Bonchev–Trinajstić information content (AvgIpc) is 3.17. The van der Waals surface area contributed by atoms with Crippen LogP contribution in [0.3, 0.4) is 0 Å². The third-order valence-corrected chi connectivity index (χ3v) is 4.54. The van der Waals surface area contributed by atoms with Crippen LogP contribution in [0, 0.1) is 0 Å². The molecule has 0 radical (unpaired) electrons. The number of likely N-dealkylation sites (tertiary alicyclic amines) is 1. The minimum absolute atomic E-state index is 0.994. The number of nitrogens with one attached hydrogen (secondary N) is 1. The number of nitrogens with zero attached hydrogens (tertiary/aromatic N) is 2. The molecule has 0 saturated carbocycles. The van der Waals surface area contributed by atoms with Crippen molar-refractivity contribution < 1.29 is 0 Å². The minimum atomic E-state index is 0.994. The van der Waals surface area contributed by atoms with Gasteiger partial charge in [-0.3, -0.25) is 0 Å². The van der Waals surface area contributed by atoms with Crippen molar-refractivity contribution in [3.63, 3.8) is 0 Å². The molecule has 3 nitrogen and oxygen atoms in total. The molecule has 2 saturated heterocycles. The molecule has 20 heavy (non-hydrogen) atoms. The highest BCUT2D eigenvalue weighted by Crippen LogP contribution is 2.20. The van der Waals surface area contributed by atoms with Gasteiger partial charge in [0.1, 0.15) is 0 Å². The van der Waals surface area contributed by atoms with Crippen LogP contribution in [0.5, 0.6) is 0 Å². The van der Waals surface area contributed by atoms with Gasteiger partial charge in [-0.2, -0.15) is 0 Å². The van der Waals surface area contributed by atoms with Gasteiger partial charge in [0.15, 0.2) is 0 Å². The van der Waals surface area contributed by atoms with Crippen molar-refractivity contribution in [3.05, 3.63) is 29.8 Å². The van der Waals surface area contributed by atoms with Crippen LogP contribution in [0.4, 0.5) is 5.69 Å². The highest BCUT2D eigenvalue weighted by Gasteiger charge is 2.12. The van der Waals surface area contributed by atoms with Crippen LogP contribution in [0.25, 0.3) is 0 Å². The average molecular weight is 273 g/mol. The van der Waals surface area contributed by atoms with Crippen LogP contribution in [-0.2, 0) is 6.54 Å². The van der Waals surface area contributed by atoms with Crippen LogP contribution < -0.4 is 10.2 Å². The molecule has 0 amide bonds. The van der Waals surface area contributed by atoms with E-state index in [0.717, 1.165) is 13.1 Å². The molecule has 3 rings (SSSR count). The van der Waals surface area contributed by atoms with Crippen LogP contribution >= 0.6 is 0 Å². The van der Waals surface area contributed by atoms with Crippen molar-refractivity contribution in [2.75, 3.05) is 44.2 Å². The summed E-state index contributed by atoms with van der Waals surface area (Å²) in [5.74, 6) is 0. The van der Waals surface area contributed by atoms with E-state index in [9.17, 15) is 0 Å². The normalized spacial score (nSPS) is 19.9. The summed E-state index contributed by atoms with van der Waals surface area (Å²) in [5.41, 5.74) is 2.79. The molecule has 0 aromatic heterocycles. The standard InChI is InChI=1S/C17H27N3/c1-2-11-19(10-1)14-9-18-15-16-5-7-17(8-6-16)20-12-3-4-13-20/h5-8,18H,1-4,9-15H2. The van der Waals surface area contributed by atoms with E-state index in [1.54, 1.807) is 0 Å². The lowest BCUT2D eigenvalue weighted by Crippen LogP contribution is -2.29. The van der Waals surface area contributed by atoms with E-state index in [0.29, 0.717) is 0 Å². The second-order valence-electron chi connectivity index (χ2n) is 6.09. The molecule has 1 aromatic rings. The monoisotopic (exact) mass is 273 g/mol. The predicted octanol–water partition coefficient (Wildman–Crippen LogP) is 2.47. The van der Waals surface area contributed by atoms with Gasteiger partial charge in [-0.25, -0.2) is 0 Å². The number of hydrogen-bond acceptors (Lipinski definition) is 3. The molecule has 2 fully saturated rings. The Morgan fingerprint density at radius 3 is 2.20 bits per heavy atom. The summed E-state index contributed by atoms with van der Waals surface area (Å²) < 4.78 is 0. The third-order valence-electron chi connectivity index (χ3n) is 4.54. The largest absolute Gasteiger partial charge is 0.372 e. The van der Waals surface area contributed by atoms with Crippen LogP contribution in [-0.4, -0.2) is 44.2 Å². The van der Waals surface area contributed by atoms with E-state index in [1.165, 1.54) is 69.7 Å². The summed E-state index contributed by atoms with van der Waals surface area (Å²) in [6, 6.07) is 9.11. The molecule has 2 aliphatic rings. The van der Waals surface area contributed by atoms with E-state index in [4.69, 9.17) is 0 Å². The van der Waals surface area contributed by atoms with Gasteiger partial charge in [0, 0.05) is 38.4 Å². The molecule has 1 aromatic carbocycles. The van der Waals surface area contributed by atoms with Crippen molar-refractivity contribution >= 4 is 5.69 Å². The Hall–Kier alpha value is -1.06. The first-order chi connectivity index (χ1) is 9.92. The van der Waals surface area contributed by atoms with Gasteiger partial charge >= 0.3 is 0 Å². The lowest BCUT2D eigenvalue weighted by molar-refractivity contribution is 0.335. The van der Waals surface area contributed by atoms with E-state index in [2.05, 4.69) is 39.4 Å². The molecule has 2 aliphatic heterocycles. The highest BCUT2D eigenvalue weighted by atomic mass is 15.2. The Morgan fingerprint density at radius 2 is 1.50 bits per heavy atom. The molecular weight excluding hydrogens is 246 g/mol. The summed E-state index contributed by atoms with van der Waals surface area (Å²) in [6.45, 7) is 8.35. The fourth-order valence-electron chi connectivity index (χ4n) is 3.28. The second-order valence-corrected chi connectivity index (χ2v) is 6.09. The van der Waals surface area contributed by atoms with Crippen LogP contribution in [0.15, 0.2) is 24.3 Å². The summed E-state index contributed by atoms with van der Waals surface area (Å²) >= 11 is 0. The fourth-order valence-corrected chi connectivity index (χ4v) is 3.28. The van der Waals surface area contributed by atoms with Gasteiger partial charge in [0.05, 0.1) is 0 Å². The summed E-state index contributed by atoms with van der Waals surface area (Å²) in [6.07, 6.45) is 5.47. The smallest absolute Gasteiger partial charge is 0.0366 e. The number of hydrogen-bond donors (Lipinski definition) is 1. The topological polar surface area (TPSA) is 18.5 Å². The molecule has 1 N–H and O–H groups in total. The van der Waals surface area contributed by atoms with Gasteiger partial charge in [0.2, 0.25) is 0 Å². The van der Waals surface area contributed by atoms with E-state index < -0.39 is 0 Å². The SMILES string of the molecule is c1cc(N2CCCC2)ccc1CNCCN1CCCC1. The molecule has 0 atom stereocenters. The van der Waals surface area contributed by atoms with E-state index in [-0.39, 0.29) is 0 Å². The zero-order valence-corrected chi connectivity index (χ0v) is 12.5. The van der Waals surface area contributed by atoms with Crippen LogP contribution in [0.1, 0.15) is 31.2 Å². The van der Waals surface area contributed by atoms with Crippen molar-refractivity contribution in [1.29, 1.82) is 0 Å². The van der Waals surface area contributed by atoms with E-state index >= 15 is 0 Å². The van der Waals surface area contributed by atoms with Gasteiger partial charge in [0.25, 0.3) is 0 Å². The lowest BCUT2D eigenvalue weighted by Gasteiger charge is -2.18. The summed E-state index contributed by atoms with van der Waals surface area (Å²) in [4.78, 5) is 5.05. The zero-order valence-electron chi connectivity index (χ0n) is 12.5. The molecule has 0 bridgehead atoms. The highest BCUT2D eigenvalue weighted by molar-refractivity contribution is 5.48. The van der Waals surface area contributed by atoms with Crippen molar-refractivity contribution in [2.45, 2.75) is 32.2 Å². The Labute approximate surface area is 123 Å². The fraction of sp³-hybridized carbons (Fsp3) is 0.647. The molecule has 2 heterocycles. The van der Waals surface area contributed by atoms with Crippen molar-refractivity contribution in [2.24, 2.45) is 0 Å². The summed E-state index contributed by atoms with van der Waals surface area (Å²) in [7, 11) is 0. The van der Waals surface area contributed by atoms with E-state index in [1.807, 2.05) is 0 Å². The van der Waals surface area contributed by atoms with Crippen molar-refractivity contribution in [3.8, 4) is 0 Å². The lowest BCUT2D eigenvalue weighted by atomic mass is 10.2. The van der Waals surface area contributed by atoms with Crippen molar-refractivity contribution in [1.82, 2.24) is 10.2 Å². The molecule has 0 spiro atoms. The molecule has 110 valence electrons. The Kier molecular flexibility index (Phi) is 4.93. The maximum atomic E-state index is 3.56. The predicted molar refractivity (Wildman–Crippen MR) is 85.3 cm³/mol. The number of rotatable bonds is 6. The first-order valence-electron chi connectivity index (χ1n) is 8.19. The Morgan fingerprint density at radius 1 is 0.850 bits per heavy atom. The van der Waals surface area contributed by atoms with Gasteiger partial charge in [-0.05, 0) is 56.5 Å². The number of benzene rings is 1. The first kappa shape index (κ1) is 13.9. The molecule has 0 aliphatic carbocycles. The third kappa shape index (κ3) is 3.74. The Balaban J connectivity index is 1.39. The second kappa shape index (κ2) is 7.09.